The minimum atomic E-state index is -1.10. The van der Waals surface area contributed by atoms with Crippen LogP contribution < -0.4 is 5.73 Å². The SMILES string of the molecule is [N-]=[N+]=NCCC#Cc1ccc(N)c(F)c1F. The van der Waals surface area contributed by atoms with Crippen LogP contribution in [0.3, 0.4) is 0 Å². The molecule has 6 heteroatoms. The van der Waals surface area contributed by atoms with Crippen LogP contribution in [0.15, 0.2) is 17.2 Å². The number of hydrogen-bond donors (Lipinski definition) is 1. The minimum Gasteiger partial charge on any atom is -0.396 e. The highest BCUT2D eigenvalue weighted by molar-refractivity contribution is 5.47. The normalized spacial score (nSPS) is 8.88. The van der Waals surface area contributed by atoms with Crippen LogP contribution >= 0.6 is 0 Å². The molecule has 2 N–H and O–H groups in total. The second-order valence-electron chi connectivity index (χ2n) is 2.84. The molecule has 0 heterocycles. The second-order valence-corrected chi connectivity index (χ2v) is 2.84. The van der Waals surface area contributed by atoms with E-state index in [1.807, 2.05) is 0 Å². The van der Waals surface area contributed by atoms with Crippen LogP contribution in [-0.4, -0.2) is 6.54 Å². The lowest BCUT2D eigenvalue weighted by Crippen LogP contribution is -1.96. The van der Waals surface area contributed by atoms with Crippen molar-refractivity contribution >= 4 is 5.69 Å². The van der Waals surface area contributed by atoms with E-state index in [1.165, 1.54) is 12.1 Å². The molecule has 0 aliphatic carbocycles. The van der Waals surface area contributed by atoms with Crippen LogP contribution in [-0.2, 0) is 0 Å². The van der Waals surface area contributed by atoms with Crippen LogP contribution in [0, 0.1) is 23.5 Å². The van der Waals surface area contributed by atoms with E-state index >= 15 is 0 Å². The van der Waals surface area contributed by atoms with E-state index in [-0.39, 0.29) is 24.2 Å². The van der Waals surface area contributed by atoms with Gasteiger partial charge in [0.1, 0.15) is 0 Å². The zero-order valence-electron chi connectivity index (χ0n) is 8.24. The van der Waals surface area contributed by atoms with E-state index in [4.69, 9.17) is 11.3 Å². The molecular weight excluding hydrogens is 214 g/mol. The van der Waals surface area contributed by atoms with Gasteiger partial charge < -0.3 is 5.73 Å². The lowest BCUT2D eigenvalue weighted by atomic mass is 10.2. The molecule has 0 aliphatic rings. The Morgan fingerprint density at radius 2 is 2.12 bits per heavy atom. The van der Waals surface area contributed by atoms with Gasteiger partial charge in [-0.1, -0.05) is 17.0 Å². The third-order valence-electron chi connectivity index (χ3n) is 1.74. The van der Waals surface area contributed by atoms with Crippen molar-refractivity contribution in [1.82, 2.24) is 0 Å². The number of nitrogens with zero attached hydrogens (tertiary/aromatic N) is 3. The predicted octanol–water partition coefficient (Wildman–Crippen LogP) is 2.60. The molecular formula is C10H8F2N4. The van der Waals surface area contributed by atoms with Gasteiger partial charge in [0.15, 0.2) is 11.6 Å². The summed E-state index contributed by atoms with van der Waals surface area (Å²) in [6.07, 6.45) is 0.287. The Bertz CT molecular complexity index is 496. The van der Waals surface area contributed by atoms with Gasteiger partial charge in [-0.15, -0.1) is 0 Å². The number of halogens is 2. The van der Waals surface area contributed by atoms with Crippen molar-refractivity contribution in [3.8, 4) is 11.8 Å². The highest BCUT2D eigenvalue weighted by Gasteiger charge is 2.09. The Kier molecular flexibility index (Phi) is 4.13. The molecule has 0 amide bonds. The second kappa shape index (κ2) is 5.59. The number of rotatable bonds is 2. The fraction of sp³-hybridized carbons (Fsp3) is 0.200. The molecule has 4 nitrogen and oxygen atoms in total. The summed E-state index contributed by atoms with van der Waals surface area (Å²) < 4.78 is 26.2. The third kappa shape index (κ3) is 2.87. The first-order valence-electron chi connectivity index (χ1n) is 4.40. The number of azide groups is 1. The molecule has 1 rings (SSSR count). The van der Waals surface area contributed by atoms with Crippen molar-refractivity contribution in [2.75, 3.05) is 12.3 Å². The first-order valence-corrected chi connectivity index (χ1v) is 4.40. The molecule has 0 aromatic heterocycles. The fourth-order valence-corrected chi connectivity index (χ4v) is 0.969. The predicted molar refractivity (Wildman–Crippen MR) is 56.3 cm³/mol. The van der Waals surface area contributed by atoms with Gasteiger partial charge in [-0.05, 0) is 17.7 Å². The van der Waals surface area contributed by atoms with Crippen molar-refractivity contribution < 1.29 is 8.78 Å². The molecule has 82 valence electrons. The lowest BCUT2D eigenvalue weighted by Gasteiger charge is -1.99. The van der Waals surface area contributed by atoms with Crippen LogP contribution in [0.25, 0.3) is 10.4 Å². The summed E-state index contributed by atoms with van der Waals surface area (Å²) in [5, 5.41) is 3.25. The first-order chi connectivity index (χ1) is 7.66. The average Bonchev–Trinajstić information content (AvgIpc) is 2.28. The van der Waals surface area contributed by atoms with Crippen molar-refractivity contribution in [2.24, 2.45) is 5.11 Å². The Labute approximate surface area is 90.7 Å². The number of benzene rings is 1. The summed E-state index contributed by atoms with van der Waals surface area (Å²) in [6, 6.07) is 2.55. The zero-order valence-corrected chi connectivity index (χ0v) is 8.24. The fourth-order valence-electron chi connectivity index (χ4n) is 0.969. The Hall–Kier alpha value is -2.25. The van der Waals surface area contributed by atoms with E-state index in [9.17, 15) is 8.78 Å². The maximum absolute atomic E-state index is 13.2. The van der Waals surface area contributed by atoms with Gasteiger partial charge in [0.05, 0.1) is 11.3 Å². The Morgan fingerprint density at radius 1 is 1.38 bits per heavy atom. The van der Waals surface area contributed by atoms with Crippen molar-refractivity contribution in [3.63, 3.8) is 0 Å². The van der Waals surface area contributed by atoms with E-state index in [0.29, 0.717) is 0 Å². The van der Waals surface area contributed by atoms with Gasteiger partial charge in [-0.2, -0.15) is 0 Å². The van der Waals surface area contributed by atoms with Gasteiger partial charge in [-0.25, -0.2) is 8.78 Å². The molecule has 0 radical (unpaired) electrons. The lowest BCUT2D eigenvalue weighted by molar-refractivity contribution is 0.510. The number of hydrogen-bond acceptors (Lipinski definition) is 2. The van der Waals surface area contributed by atoms with Gasteiger partial charge >= 0.3 is 0 Å². The van der Waals surface area contributed by atoms with E-state index in [0.717, 1.165) is 0 Å². The smallest absolute Gasteiger partial charge is 0.182 e. The zero-order chi connectivity index (χ0) is 12.0. The number of nitrogen functional groups attached to an aromatic ring is 1. The molecule has 0 unspecified atom stereocenters. The summed E-state index contributed by atoms with van der Waals surface area (Å²) in [7, 11) is 0. The molecule has 0 atom stereocenters. The van der Waals surface area contributed by atoms with E-state index < -0.39 is 11.6 Å². The van der Waals surface area contributed by atoms with Crippen LogP contribution in [0.5, 0.6) is 0 Å². The van der Waals surface area contributed by atoms with Crippen LogP contribution in [0.2, 0.25) is 0 Å². The van der Waals surface area contributed by atoms with E-state index in [1.54, 1.807) is 0 Å². The summed E-state index contributed by atoms with van der Waals surface area (Å²) in [5.41, 5.74) is 12.8. The van der Waals surface area contributed by atoms with Crippen molar-refractivity contribution in [3.05, 3.63) is 39.8 Å². The molecule has 16 heavy (non-hydrogen) atoms. The average molecular weight is 222 g/mol. The molecule has 0 saturated carbocycles. The van der Waals surface area contributed by atoms with Gasteiger partial charge in [-0.3, -0.25) is 0 Å². The quantitative estimate of drug-likeness (QED) is 0.205. The number of anilines is 1. The topological polar surface area (TPSA) is 74.8 Å². The maximum atomic E-state index is 13.2. The maximum Gasteiger partial charge on any atom is 0.182 e. The molecule has 0 fully saturated rings. The molecule has 0 bridgehead atoms. The monoisotopic (exact) mass is 222 g/mol. The minimum absolute atomic E-state index is 0.0624. The van der Waals surface area contributed by atoms with Gasteiger partial charge in [0, 0.05) is 17.9 Å². The molecule has 1 aromatic rings. The van der Waals surface area contributed by atoms with Crippen molar-refractivity contribution in [2.45, 2.75) is 6.42 Å². The summed E-state index contributed by atoms with van der Waals surface area (Å²) >= 11 is 0. The summed E-state index contributed by atoms with van der Waals surface area (Å²) in [6.45, 7) is 0.197. The van der Waals surface area contributed by atoms with Crippen molar-refractivity contribution in [1.29, 1.82) is 0 Å². The standard InChI is InChI=1S/C10H8F2N4/c11-9-7(3-1-2-6-15-16-14)4-5-8(13)10(9)12/h4-5H,2,6,13H2. The third-order valence-corrected chi connectivity index (χ3v) is 1.74. The van der Waals surface area contributed by atoms with E-state index in [2.05, 4.69) is 21.9 Å². The highest BCUT2D eigenvalue weighted by atomic mass is 19.2. The molecule has 1 aromatic carbocycles. The highest BCUT2D eigenvalue weighted by Crippen LogP contribution is 2.16. The molecule has 0 saturated heterocycles. The van der Waals surface area contributed by atoms with Crippen LogP contribution in [0.4, 0.5) is 14.5 Å². The molecule has 0 aliphatic heterocycles. The molecule has 0 spiro atoms. The summed E-state index contributed by atoms with van der Waals surface area (Å²) in [4.78, 5) is 2.53. The number of nitrogens with two attached hydrogens (primary N) is 1. The Morgan fingerprint density at radius 3 is 2.81 bits per heavy atom. The van der Waals surface area contributed by atoms with Crippen LogP contribution in [0.1, 0.15) is 12.0 Å². The van der Waals surface area contributed by atoms with Gasteiger partial charge in [0.25, 0.3) is 0 Å². The largest absolute Gasteiger partial charge is 0.396 e. The Balaban J connectivity index is 2.81. The first kappa shape index (κ1) is 11.8. The summed E-state index contributed by atoms with van der Waals surface area (Å²) in [5.74, 6) is 2.84. The van der Waals surface area contributed by atoms with Gasteiger partial charge in [0.2, 0.25) is 0 Å².